The van der Waals surface area contributed by atoms with Crippen molar-refractivity contribution in [3.05, 3.63) is 54.9 Å². The standard InChI is InChI=1S/C26H17FN8OS/c27-20-15-11-30-24-19(20)23(33-34-24)25-31-16-6-7-29-22(21(16)32-25)17-4-5-18(37-17)35(26(36)12-2-1-3-12)14-8-13(15)9-28-10-14/h4-12,33H,1-3H2,(H,30,34). The van der Waals surface area contributed by atoms with Gasteiger partial charge in [-0.25, -0.2) is 19.3 Å². The molecule has 0 saturated heterocycles. The van der Waals surface area contributed by atoms with Gasteiger partial charge in [0.15, 0.2) is 11.3 Å². The lowest BCUT2D eigenvalue weighted by molar-refractivity contribution is 0.0776. The first-order chi connectivity index (χ1) is 18.2. The van der Waals surface area contributed by atoms with E-state index in [0.717, 1.165) is 28.8 Å². The Kier molecular flexibility index (Phi) is 4.19. The van der Waals surface area contributed by atoms with Crippen LogP contribution in [0.4, 0.5) is 4.39 Å². The molecule has 1 fully saturated rings. The summed E-state index contributed by atoms with van der Waals surface area (Å²) < 4.78 is 18.7. The maximum atomic E-state index is 16.1. The van der Waals surface area contributed by atoms with E-state index in [-0.39, 0.29) is 22.8 Å². The summed E-state index contributed by atoms with van der Waals surface area (Å²) in [5, 5.41) is 6.71. The van der Waals surface area contributed by atoms with Gasteiger partial charge in [-0.1, -0.05) is 6.42 Å². The Labute approximate surface area is 211 Å². The average molecular weight is 509 g/mol. The highest BCUT2D eigenvalue weighted by atomic mass is 32.1. The average Bonchev–Trinajstić information content (AvgIpc) is 3.61. The lowest BCUT2D eigenvalue weighted by Gasteiger charge is -2.24. The molecular weight excluding hydrogens is 491 g/mol. The van der Waals surface area contributed by atoms with Crippen molar-refractivity contribution in [2.45, 2.75) is 19.3 Å². The molecule has 9 nitrogen and oxygen atoms in total. The molecule has 1 aliphatic carbocycles. The number of hydrogen-bond acceptors (Lipinski definition) is 7. The number of H-pyrrole nitrogens is 2. The summed E-state index contributed by atoms with van der Waals surface area (Å²) in [5.41, 5.74) is 3.83. The van der Waals surface area contributed by atoms with E-state index in [1.165, 1.54) is 17.5 Å². The van der Waals surface area contributed by atoms with Crippen LogP contribution in [-0.2, 0) is 0 Å². The molecule has 0 spiro atoms. The van der Waals surface area contributed by atoms with Crippen LogP contribution in [0.2, 0.25) is 0 Å². The van der Waals surface area contributed by atoms with Crippen molar-refractivity contribution in [2.75, 3.05) is 0 Å². The van der Waals surface area contributed by atoms with Crippen molar-refractivity contribution in [3.63, 3.8) is 0 Å². The number of thiophene rings is 1. The molecule has 0 radical (unpaired) electrons. The number of nitrogens with zero attached hydrogens (tertiary/aromatic N) is 6. The number of rotatable bonds is 1. The van der Waals surface area contributed by atoms with Gasteiger partial charge in [-0.05, 0) is 37.1 Å². The summed E-state index contributed by atoms with van der Waals surface area (Å²) in [6.07, 6.45) is 9.13. The van der Waals surface area contributed by atoms with Crippen molar-refractivity contribution in [2.24, 2.45) is 5.92 Å². The van der Waals surface area contributed by atoms with Crippen molar-refractivity contribution < 1.29 is 9.18 Å². The quantitative estimate of drug-likeness (QED) is 0.291. The van der Waals surface area contributed by atoms with Crippen LogP contribution in [0.1, 0.15) is 24.1 Å². The molecule has 8 rings (SSSR count). The molecule has 0 unspecified atom stereocenters. The van der Waals surface area contributed by atoms with E-state index in [1.54, 1.807) is 35.3 Å². The van der Waals surface area contributed by atoms with Gasteiger partial charge in [-0.2, -0.15) is 0 Å². The predicted molar refractivity (Wildman–Crippen MR) is 140 cm³/mol. The third-order valence-electron chi connectivity index (χ3n) is 7.16. The van der Waals surface area contributed by atoms with Crippen LogP contribution in [0.25, 0.3) is 64.9 Å². The Morgan fingerprint density at radius 1 is 1.05 bits per heavy atom. The molecule has 11 heteroatoms. The van der Waals surface area contributed by atoms with Gasteiger partial charge in [-0.15, -0.1) is 11.3 Å². The predicted octanol–water partition coefficient (Wildman–Crippen LogP) is 5.76. The Bertz CT molecular complexity index is 2080. The third-order valence-corrected chi connectivity index (χ3v) is 8.23. The molecule has 37 heavy (non-hydrogen) atoms. The van der Waals surface area contributed by atoms with Crippen LogP contribution in [0, 0.1) is 11.7 Å². The molecule has 3 aliphatic rings. The molecule has 8 bridgehead atoms. The Morgan fingerprint density at radius 3 is 2.84 bits per heavy atom. The Balaban J connectivity index is 1.61. The summed E-state index contributed by atoms with van der Waals surface area (Å²) in [5.74, 6) is -0.511. The highest BCUT2D eigenvalue weighted by Gasteiger charge is 2.28. The van der Waals surface area contributed by atoms with E-state index in [1.807, 2.05) is 12.1 Å². The van der Waals surface area contributed by atoms with E-state index in [0.29, 0.717) is 44.4 Å². The monoisotopic (exact) mass is 508 g/mol. The second-order valence-electron chi connectivity index (χ2n) is 9.28. The molecule has 1 saturated carbocycles. The van der Waals surface area contributed by atoms with E-state index in [9.17, 15) is 4.79 Å². The number of pyridine rings is 3. The van der Waals surface area contributed by atoms with Crippen molar-refractivity contribution in [1.82, 2.24) is 39.7 Å². The zero-order valence-electron chi connectivity index (χ0n) is 19.2. The van der Waals surface area contributed by atoms with Crippen LogP contribution >= 0.6 is 11.3 Å². The number of hydrogen-bond donors (Lipinski definition) is 2. The molecule has 0 aromatic carbocycles. The van der Waals surface area contributed by atoms with Crippen molar-refractivity contribution in [1.29, 1.82) is 0 Å². The van der Waals surface area contributed by atoms with Gasteiger partial charge in [0.25, 0.3) is 0 Å². The molecular formula is C26H17FN8OS. The Morgan fingerprint density at radius 2 is 1.97 bits per heavy atom. The minimum absolute atomic E-state index is 0.0149. The fourth-order valence-corrected chi connectivity index (χ4v) is 6.05. The van der Waals surface area contributed by atoms with Gasteiger partial charge in [-0.3, -0.25) is 29.5 Å². The summed E-state index contributed by atoms with van der Waals surface area (Å²) in [6, 6.07) is 7.44. The number of aromatic amines is 2. The van der Waals surface area contributed by atoms with E-state index < -0.39 is 5.82 Å². The van der Waals surface area contributed by atoms with Gasteiger partial charge in [0.1, 0.15) is 27.4 Å². The number of imidazole rings is 1. The van der Waals surface area contributed by atoms with Crippen LogP contribution in [0.5, 0.6) is 0 Å². The first kappa shape index (κ1) is 20.7. The fraction of sp³-hybridized carbons (Fsp3) is 0.154. The zero-order valence-corrected chi connectivity index (χ0v) is 20.0. The lowest BCUT2D eigenvalue weighted by Crippen LogP contribution is -2.27. The van der Waals surface area contributed by atoms with E-state index in [4.69, 9.17) is 4.98 Å². The second kappa shape index (κ2) is 7.50. The number of aromatic nitrogens is 8. The van der Waals surface area contributed by atoms with Gasteiger partial charge < -0.3 is 0 Å². The van der Waals surface area contributed by atoms with Gasteiger partial charge in [0.05, 0.1) is 27.5 Å². The normalized spacial score (nSPS) is 14.3. The van der Waals surface area contributed by atoms with Gasteiger partial charge >= 0.3 is 0 Å². The van der Waals surface area contributed by atoms with Crippen LogP contribution in [0.3, 0.4) is 0 Å². The summed E-state index contributed by atoms with van der Waals surface area (Å²) >= 11 is 1.46. The van der Waals surface area contributed by atoms with Crippen molar-refractivity contribution in [3.8, 4) is 11.3 Å². The molecule has 5 aromatic rings. The molecule has 0 atom stereocenters. The smallest absolute Gasteiger partial charge is 0.235 e. The fourth-order valence-electron chi connectivity index (χ4n) is 5.02. The van der Waals surface area contributed by atoms with E-state index in [2.05, 4.69) is 30.1 Å². The molecule has 180 valence electrons. The third kappa shape index (κ3) is 2.94. The maximum absolute atomic E-state index is 16.1. The van der Waals surface area contributed by atoms with Crippen LogP contribution in [-0.4, -0.2) is 45.6 Å². The first-order valence-corrected chi connectivity index (χ1v) is 12.7. The lowest BCUT2D eigenvalue weighted by atomic mass is 9.84. The second-order valence-corrected chi connectivity index (χ2v) is 10.3. The number of carbonyl (C=O) groups excluding carboxylic acids is 1. The largest absolute Gasteiger partial charge is 0.295 e. The van der Waals surface area contributed by atoms with Crippen LogP contribution in [0.15, 0.2) is 49.1 Å². The molecule has 2 aliphatic heterocycles. The maximum Gasteiger partial charge on any atom is 0.235 e. The SMILES string of the molecule is O=C(C1CCC1)n1c2cncc(c2)c2cnc3[nH][nH]c(c4nc5ccnc(c6ccc1s6)c5n4)-c3c2F. The summed E-state index contributed by atoms with van der Waals surface area (Å²) in [6.45, 7) is 0. The highest BCUT2D eigenvalue weighted by molar-refractivity contribution is 7.24. The van der Waals surface area contributed by atoms with E-state index >= 15 is 4.39 Å². The molecule has 0 amide bonds. The zero-order chi connectivity index (χ0) is 24.7. The topological polar surface area (TPSA) is 118 Å². The summed E-state index contributed by atoms with van der Waals surface area (Å²) in [4.78, 5) is 37.3. The van der Waals surface area contributed by atoms with Gasteiger partial charge in [0.2, 0.25) is 5.91 Å². The molecule has 2 N–H and O–H groups in total. The molecule has 7 heterocycles. The number of fused-ring (bicyclic) bond motifs is 9. The summed E-state index contributed by atoms with van der Waals surface area (Å²) in [7, 11) is 0. The van der Waals surface area contributed by atoms with Gasteiger partial charge in [0, 0.05) is 35.3 Å². The minimum Gasteiger partial charge on any atom is -0.295 e. The first-order valence-electron chi connectivity index (χ1n) is 11.9. The van der Waals surface area contributed by atoms with Crippen LogP contribution < -0.4 is 0 Å². The van der Waals surface area contributed by atoms with Crippen molar-refractivity contribution >= 4 is 70.9 Å². The minimum atomic E-state index is -0.479. The number of carbonyl (C=O) groups is 1. The Hall–Kier alpha value is -4.51. The number of nitrogens with one attached hydrogen (secondary N) is 2. The highest BCUT2D eigenvalue weighted by Crippen LogP contribution is 2.35. The molecule has 5 aromatic heterocycles. The number of halogens is 1.